The number of amides is 2. The van der Waals surface area contributed by atoms with Gasteiger partial charge >= 0.3 is 0 Å². The van der Waals surface area contributed by atoms with Crippen molar-refractivity contribution in [3.63, 3.8) is 0 Å². The van der Waals surface area contributed by atoms with E-state index in [-0.39, 0.29) is 11.8 Å². The summed E-state index contributed by atoms with van der Waals surface area (Å²) in [6.07, 6.45) is 1.97. The van der Waals surface area contributed by atoms with Crippen LogP contribution in [0.2, 0.25) is 0 Å². The summed E-state index contributed by atoms with van der Waals surface area (Å²) in [5.41, 5.74) is 2.04. The van der Waals surface area contributed by atoms with E-state index >= 15 is 0 Å². The molecular weight excluding hydrogens is 420 g/mol. The average molecular weight is 451 g/mol. The number of carbonyl (C=O) groups excluding carboxylic acids is 2. The molecule has 0 spiro atoms. The quantitative estimate of drug-likeness (QED) is 0.591. The molecule has 2 aliphatic heterocycles. The maximum atomic E-state index is 13.7. The lowest BCUT2D eigenvalue weighted by atomic mass is 9.97. The van der Waals surface area contributed by atoms with Crippen LogP contribution < -0.4 is 19.1 Å². The minimum Gasteiger partial charge on any atom is -0.494 e. The first-order chi connectivity index (χ1) is 16.0. The van der Waals surface area contributed by atoms with Crippen molar-refractivity contribution in [1.29, 1.82) is 0 Å². The van der Waals surface area contributed by atoms with Crippen LogP contribution in [0.15, 0.2) is 48.2 Å². The van der Waals surface area contributed by atoms with Crippen LogP contribution in [0.4, 0.5) is 5.69 Å². The second kappa shape index (κ2) is 9.57. The van der Waals surface area contributed by atoms with Gasteiger partial charge in [0.05, 0.1) is 32.1 Å². The maximum absolute atomic E-state index is 13.7. The Morgan fingerprint density at radius 3 is 2.18 bits per heavy atom. The Hall–Kier alpha value is -3.48. The van der Waals surface area contributed by atoms with E-state index in [1.807, 2.05) is 31.2 Å². The zero-order chi connectivity index (χ0) is 23.5. The van der Waals surface area contributed by atoms with Crippen molar-refractivity contribution in [1.82, 2.24) is 4.90 Å². The second-order valence-electron chi connectivity index (χ2n) is 8.34. The number of nitrogens with zero attached hydrogens (tertiary/aromatic N) is 2. The Labute approximate surface area is 194 Å². The first kappa shape index (κ1) is 22.7. The van der Waals surface area contributed by atoms with Crippen LogP contribution in [-0.2, 0) is 9.59 Å². The van der Waals surface area contributed by atoms with E-state index in [1.54, 1.807) is 25.3 Å². The number of methoxy groups -OCH3 is 2. The molecule has 7 nitrogen and oxygen atoms in total. The van der Waals surface area contributed by atoms with E-state index in [2.05, 4.69) is 11.8 Å². The van der Waals surface area contributed by atoms with E-state index in [0.29, 0.717) is 46.5 Å². The van der Waals surface area contributed by atoms with Crippen molar-refractivity contribution in [3.8, 4) is 17.2 Å². The Morgan fingerprint density at radius 2 is 1.58 bits per heavy atom. The van der Waals surface area contributed by atoms with Crippen LogP contribution in [0.25, 0.3) is 5.57 Å². The number of benzene rings is 2. The molecule has 4 rings (SSSR count). The lowest BCUT2D eigenvalue weighted by Crippen LogP contribution is -2.38. The molecule has 1 saturated heterocycles. The molecule has 0 aliphatic carbocycles. The topological polar surface area (TPSA) is 68.3 Å². The number of rotatable bonds is 7. The Balaban J connectivity index is 1.77. The predicted octanol–water partition coefficient (Wildman–Crippen LogP) is 4.12. The fourth-order valence-electron chi connectivity index (χ4n) is 4.39. The molecule has 0 aromatic heterocycles. The number of anilines is 1. The van der Waals surface area contributed by atoms with Crippen molar-refractivity contribution in [2.24, 2.45) is 5.92 Å². The highest BCUT2D eigenvalue weighted by Crippen LogP contribution is 2.39. The first-order valence-corrected chi connectivity index (χ1v) is 11.3. The predicted molar refractivity (Wildman–Crippen MR) is 127 cm³/mol. The normalized spacial score (nSPS) is 17.1. The molecule has 2 aromatic carbocycles. The van der Waals surface area contributed by atoms with Gasteiger partial charge in [-0.25, -0.2) is 4.90 Å². The van der Waals surface area contributed by atoms with Gasteiger partial charge in [-0.15, -0.1) is 0 Å². The number of likely N-dealkylation sites (tertiary alicyclic amines) is 1. The standard InChI is InChI=1S/C26H30N2O5/c1-5-33-20-9-6-18(7-10-20)23-24(27-14-12-17(2)13-15-27)26(30)28(25(23)29)19-8-11-21(31-3)22(16-19)32-4/h6-11,16-17H,5,12-15H2,1-4H3. The lowest BCUT2D eigenvalue weighted by molar-refractivity contribution is -0.120. The van der Waals surface area contributed by atoms with Crippen molar-refractivity contribution in [2.45, 2.75) is 26.7 Å². The number of carbonyl (C=O) groups is 2. The van der Waals surface area contributed by atoms with Gasteiger partial charge in [0.2, 0.25) is 0 Å². The van der Waals surface area contributed by atoms with Crippen LogP contribution in [0, 0.1) is 5.92 Å². The number of ether oxygens (including phenoxy) is 3. The molecular formula is C26H30N2O5. The van der Waals surface area contributed by atoms with Gasteiger partial charge in [-0.1, -0.05) is 19.1 Å². The minimum atomic E-state index is -0.343. The van der Waals surface area contributed by atoms with Crippen molar-refractivity contribution in [3.05, 3.63) is 53.7 Å². The smallest absolute Gasteiger partial charge is 0.282 e. The molecule has 2 heterocycles. The average Bonchev–Trinajstić information content (AvgIpc) is 3.09. The summed E-state index contributed by atoms with van der Waals surface area (Å²) < 4.78 is 16.3. The van der Waals surface area contributed by atoms with Crippen LogP contribution in [-0.4, -0.2) is 50.6 Å². The summed E-state index contributed by atoms with van der Waals surface area (Å²) >= 11 is 0. The molecule has 7 heteroatoms. The van der Waals surface area contributed by atoms with E-state index < -0.39 is 0 Å². The molecule has 0 bridgehead atoms. The Bertz CT molecular complexity index is 1070. The third-order valence-electron chi connectivity index (χ3n) is 6.24. The second-order valence-corrected chi connectivity index (χ2v) is 8.34. The molecule has 0 N–H and O–H groups in total. The van der Waals surface area contributed by atoms with E-state index in [9.17, 15) is 9.59 Å². The Morgan fingerprint density at radius 1 is 0.909 bits per heavy atom. The van der Waals surface area contributed by atoms with Crippen LogP contribution in [0.3, 0.4) is 0 Å². The fraction of sp³-hybridized carbons (Fsp3) is 0.385. The van der Waals surface area contributed by atoms with Gasteiger partial charge in [0.1, 0.15) is 11.4 Å². The van der Waals surface area contributed by atoms with Gasteiger partial charge in [-0.2, -0.15) is 0 Å². The summed E-state index contributed by atoms with van der Waals surface area (Å²) in [4.78, 5) is 30.7. The first-order valence-electron chi connectivity index (χ1n) is 11.3. The molecule has 0 atom stereocenters. The highest BCUT2D eigenvalue weighted by molar-refractivity contribution is 6.45. The summed E-state index contributed by atoms with van der Waals surface area (Å²) in [6, 6.07) is 12.4. The lowest BCUT2D eigenvalue weighted by Gasteiger charge is -2.32. The SMILES string of the molecule is CCOc1ccc(C2=C(N3CCC(C)CC3)C(=O)N(c3ccc(OC)c(OC)c3)C2=O)cc1. The molecule has 0 unspecified atom stereocenters. The van der Waals surface area contributed by atoms with Gasteiger partial charge in [-0.3, -0.25) is 9.59 Å². The van der Waals surface area contributed by atoms with Gasteiger partial charge in [0.15, 0.2) is 11.5 Å². The highest BCUT2D eigenvalue weighted by Gasteiger charge is 2.43. The van der Waals surface area contributed by atoms with Gasteiger partial charge in [-0.05, 0) is 55.5 Å². The fourth-order valence-corrected chi connectivity index (χ4v) is 4.39. The van der Waals surface area contributed by atoms with Gasteiger partial charge in [0, 0.05) is 19.2 Å². The van der Waals surface area contributed by atoms with E-state index in [4.69, 9.17) is 14.2 Å². The van der Waals surface area contributed by atoms with Crippen LogP contribution in [0.1, 0.15) is 32.3 Å². The molecule has 174 valence electrons. The highest BCUT2D eigenvalue weighted by atomic mass is 16.5. The van der Waals surface area contributed by atoms with Crippen molar-refractivity contribution >= 4 is 23.1 Å². The molecule has 33 heavy (non-hydrogen) atoms. The van der Waals surface area contributed by atoms with Gasteiger partial charge in [0.25, 0.3) is 11.8 Å². The number of piperidine rings is 1. The Kier molecular flexibility index (Phi) is 6.58. The van der Waals surface area contributed by atoms with Crippen molar-refractivity contribution in [2.75, 3.05) is 38.8 Å². The van der Waals surface area contributed by atoms with Gasteiger partial charge < -0.3 is 19.1 Å². The van der Waals surface area contributed by atoms with E-state index in [0.717, 1.165) is 31.7 Å². The molecule has 2 amide bonds. The zero-order valence-electron chi connectivity index (χ0n) is 19.6. The number of hydrogen-bond donors (Lipinski definition) is 0. The third kappa shape index (κ3) is 4.27. The summed E-state index contributed by atoms with van der Waals surface area (Å²) in [5.74, 6) is 1.66. The summed E-state index contributed by atoms with van der Waals surface area (Å²) in [6.45, 7) is 6.19. The molecule has 0 saturated carbocycles. The summed E-state index contributed by atoms with van der Waals surface area (Å²) in [7, 11) is 3.07. The van der Waals surface area contributed by atoms with Crippen LogP contribution >= 0.6 is 0 Å². The zero-order valence-corrected chi connectivity index (χ0v) is 19.6. The minimum absolute atomic E-state index is 0.314. The van der Waals surface area contributed by atoms with E-state index in [1.165, 1.54) is 12.0 Å². The molecule has 0 radical (unpaired) electrons. The number of imide groups is 1. The largest absolute Gasteiger partial charge is 0.494 e. The van der Waals surface area contributed by atoms with Crippen molar-refractivity contribution < 1.29 is 23.8 Å². The monoisotopic (exact) mass is 450 g/mol. The molecule has 2 aromatic rings. The molecule has 2 aliphatic rings. The van der Waals surface area contributed by atoms with Crippen LogP contribution in [0.5, 0.6) is 17.2 Å². The third-order valence-corrected chi connectivity index (χ3v) is 6.24. The number of hydrogen-bond acceptors (Lipinski definition) is 6. The molecule has 1 fully saturated rings. The maximum Gasteiger partial charge on any atom is 0.282 e. The summed E-state index contributed by atoms with van der Waals surface area (Å²) in [5, 5.41) is 0.